The van der Waals surface area contributed by atoms with E-state index >= 15 is 0 Å². The summed E-state index contributed by atoms with van der Waals surface area (Å²) in [6.45, 7) is 2.61. The summed E-state index contributed by atoms with van der Waals surface area (Å²) in [6.07, 6.45) is 8.90. The summed E-state index contributed by atoms with van der Waals surface area (Å²) in [4.78, 5) is 58.4. The second-order valence-electron chi connectivity index (χ2n) is 14.2. The normalized spacial score (nSPS) is 16.1. The highest BCUT2D eigenvalue weighted by Crippen LogP contribution is 2.35. The Morgan fingerprint density at radius 3 is 1.91 bits per heavy atom. The average Bonchev–Trinajstić information content (AvgIpc) is 3.98. The molecule has 276 valence electrons. The zero-order valence-electron chi connectivity index (χ0n) is 31.3. The van der Waals surface area contributed by atoms with Crippen LogP contribution in [0.1, 0.15) is 66.7 Å². The van der Waals surface area contributed by atoms with Crippen LogP contribution in [-0.2, 0) is 9.59 Å². The molecule has 4 atom stereocenters. The second kappa shape index (κ2) is 15.9. The van der Waals surface area contributed by atoms with Gasteiger partial charge in [0.1, 0.15) is 23.7 Å². The van der Waals surface area contributed by atoms with Gasteiger partial charge in [-0.2, -0.15) is 0 Å². The molecule has 0 aliphatic carbocycles. The van der Waals surface area contributed by atoms with Crippen molar-refractivity contribution in [3.8, 4) is 33.9 Å². The number of rotatable bonds is 12. The molecule has 1 unspecified atom stereocenters. The molecule has 1 saturated heterocycles. The fourth-order valence-electron chi connectivity index (χ4n) is 7.22. The maximum absolute atomic E-state index is 13.9. The summed E-state index contributed by atoms with van der Waals surface area (Å²) < 4.78 is 0. The number of hydrogen-bond acceptors (Lipinski definition) is 8. The van der Waals surface area contributed by atoms with Crippen molar-refractivity contribution in [3.05, 3.63) is 132 Å². The molecule has 12 nitrogen and oxygen atoms in total. The van der Waals surface area contributed by atoms with Crippen LogP contribution in [-0.4, -0.2) is 91.2 Å². The molecule has 6 aromatic rings. The Morgan fingerprint density at radius 1 is 0.704 bits per heavy atom. The Labute approximate surface area is 315 Å². The van der Waals surface area contributed by atoms with Crippen molar-refractivity contribution in [1.82, 2.24) is 49.9 Å². The third-order valence-corrected chi connectivity index (χ3v) is 9.97. The van der Waals surface area contributed by atoms with Crippen molar-refractivity contribution in [3.63, 3.8) is 0 Å². The summed E-state index contributed by atoms with van der Waals surface area (Å²) in [6, 6.07) is 26.5. The van der Waals surface area contributed by atoms with Crippen molar-refractivity contribution >= 4 is 11.8 Å². The predicted molar refractivity (Wildman–Crippen MR) is 209 cm³/mol. The Morgan fingerprint density at radius 2 is 1.28 bits per heavy atom. The molecule has 3 N–H and O–H groups in total. The van der Waals surface area contributed by atoms with Crippen molar-refractivity contribution in [2.75, 3.05) is 34.7 Å². The number of carbonyl (C=O) groups is 2. The first-order valence-corrected chi connectivity index (χ1v) is 18.2. The lowest BCUT2D eigenvalue weighted by Gasteiger charge is -2.31. The molecule has 3 aromatic carbocycles. The highest BCUT2D eigenvalue weighted by atomic mass is 16.2. The highest BCUT2D eigenvalue weighted by molar-refractivity contribution is 5.84. The topological polar surface area (TPSA) is 139 Å². The van der Waals surface area contributed by atoms with Gasteiger partial charge in [-0.1, -0.05) is 84.9 Å². The van der Waals surface area contributed by atoms with Gasteiger partial charge >= 0.3 is 0 Å². The van der Waals surface area contributed by atoms with Crippen LogP contribution in [0.4, 0.5) is 0 Å². The Hall–Kier alpha value is -5.98. The lowest BCUT2D eigenvalue weighted by atomic mass is 10.0. The fourth-order valence-corrected chi connectivity index (χ4v) is 7.22. The van der Waals surface area contributed by atoms with Gasteiger partial charge in [0, 0.05) is 30.1 Å². The van der Waals surface area contributed by atoms with E-state index in [0.29, 0.717) is 18.2 Å². The minimum atomic E-state index is -0.420. The van der Waals surface area contributed by atoms with E-state index in [1.165, 1.54) is 0 Å². The molecule has 7 rings (SSSR count). The maximum atomic E-state index is 13.9. The minimum Gasteiger partial charge on any atom is -0.345 e. The van der Waals surface area contributed by atoms with Crippen LogP contribution in [0.5, 0.6) is 0 Å². The number of likely N-dealkylation sites (tertiary alicyclic amines) is 1. The molecule has 0 bridgehead atoms. The first kappa shape index (κ1) is 36.4. The number of hydrogen-bond donors (Lipinski definition) is 3. The van der Waals surface area contributed by atoms with Crippen molar-refractivity contribution in [2.45, 2.75) is 43.9 Å². The molecule has 0 saturated carbocycles. The van der Waals surface area contributed by atoms with Gasteiger partial charge in [0.2, 0.25) is 11.8 Å². The van der Waals surface area contributed by atoms with E-state index in [-0.39, 0.29) is 29.9 Å². The zero-order valence-corrected chi connectivity index (χ0v) is 31.3. The van der Waals surface area contributed by atoms with Gasteiger partial charge in [0.05, 0.1) is 35.9 Å². The van der Waals surface area contributed by atoms with Crippen LogP contribution in [0.15, 0.2) is 110 Å². The molecule has 1 aliphatic rings. The molecule has 54 heavy (non-hydrogen) atoms. The lowest BCUT2D eigenvalue weighted by molar-refractivity contribution is -0.137. The lowest BCUT2D eigenvalue weighted by Crippen LogP contribution is -2.40. The molecule has 4 heterocycles. The number of amides is 2. The van der Waals surface area contributed by atoms with Crippen LogP contribution in [0.2, 0.25) is 0 Å². The number of nitrogens with one attached hydrogen (secondary N) is 3. The Balaban J connectivity index is 0.992. The Bertz CT molecular complexity index is 2160. The minimum absolute atomic E-state index is 0.0888. The van der Waals surface area contributed by atoms with Gasteiger partial charge in [0.15, 0.2) is 5.82 Å². The van der Waals surface area contributed by atoms with Gasteiger partial charge in [-0.15, -0.1) is 0 Å². The van der Waals surface area contributed by atoms with E-state index in [1.807, 2.05) is 141 Å². The Kier molecular flexibility index (Phi) is 10.7. The van der Waals surface area contributed by atoms with Gasteiger partial charge < -0.3 is 20.2 Å². The van der Waals surface area contributed by atoms with E-state index in [0.717, 1.165) is 57.9 Å². The number of imidazole rings is 2. The summed E-state index contributed by atoms with van der Waals surface area (Å²) in [5.41, 5.74) is 6.20. The summed E-state index contributed by atoms with van der Waals surface area (Å²) in [5, 5.41) is 3.09. The molecule has 12 heteroatoms. The quantitative estimate of drug-likeness (QED) is 0.133. The average molecular weight is 723 g/mol. The molecule has 1 fully saturated rings. The molecular formula is C42H46N10O2. The highest BCUT2D eigenvalue weighted by Gasteiger charge is 2.37. The number of aromatic amines is 2. The monoisotopic (exact) mass is 722 g/mol. The van der Waals surface area contributed by atoms with Crippen LogP contribution in [0, 0.1) is 0 Å². The molecule has 1 aliphatic heterocycles. The smallest absolute Gasteiger partial charge is 0.245 e. The van der Waals surface area contributed by atoms with E-state index in [4.69, 9.17) is 4.98 Å². The fraction of sp³-hybridized carbons (Fsp3) is 0.286. The van der Waals surface area contributed by atoms with Crippen LogP contribution in [0.25, 0.3) is 33.9 Å². The van der Waals surface area contributed by atoms with Crippen molar-refractivity contribution < 1.29 is 9.59 Å². The molecule has 0 spiro atoms. The van der Waals surface area contributed by atoms with Gasteiger partial charge in [0.25, 0.3) is 0 Å². The first-order chi connectivity index (χ1) is 26.2. The van der Waals surface area contributed by atoms with Crippen LogP contribution in [0.3, 0.4) is 0 Å². The number of aromatic nitrogens is 6. The summed E-state index contributed by atoms with van der Waals surface area (Å²) in [5.74, 6) is 2.02. The predicted octanol–water partition coefficient (Wildman–Crippen LogP) is 6.37. The van der Waals surface area contributed by atoms with Gasteiger partial charge in [-0.3, -0.25) is 19.4 Å². The van der Waals surface area contributed by atoms with E-state index in [9.17, 15) is 9.59 Å². The number of likely N-dealkylation sites (N-methyl/N-ethyl adjacent to an activating group) is 2. The molecule has 2 amide bonds. The third kappa shape index (κ3) is 7.71. The maximum Gasteiger partial charge on any atom is 0.245 e. The molecule has 0 radical (unpaired) electrons. The van der Waals surface area contributed by atoms with Crippen molar-refractivity contribution in [1.29, 1.82) is 0 Å². The van der Waals surface area contributed by atoms with Gasteiger partial charge in [-0.25, -0.2) is 19.9 Å². The standard InChI is InChI=1S/C42H46N10O2/c1-27(47-41(53)36(50(2)3)29-13-8-6-9-14-29)38-45-26-34(48-38)32-23-43-39(44-24-32)31-20-18-28(19-21-31)33-25-46-40(49-33)35-17-12-22-52(35)42(54)37(51(4)5)30-15-10-7-11-16-30/h6-11,13-16,18-21,23-27,35-37H,12,17,22H2,1-5H3,(H,45,48)(H,46,49)(H,47,53)/t27-,35?,36+,37-/m0/s1. The van der Waals surface area contributed by atoms with Crippen LogP contribution < -0.4 is 5.32 Å². The molecular weight excluding hydrogens is 677 g/mol. The summed E-state index contributed by atoms with van der Waals surface area (Å²) in [7, 11) is 7.68. The number of H-pyrrole nitrogens is 2. The number of benzene rings is 3. The van der Waals surface area contributed by atoms with E-state index in [1.54, 1.807) is 18.6 Å². The largest absolute Gasteiger partial charge is 0.345 e. The second-order valence-corrected chi connectivity index (χ2v) is 14.2. The zero-order chi connectivity index (χ0) is 37.8. The first-order valence-electron chi connectivity index (χ1n) is 18.2. The van der Waals surface area contributed by atoms with Gasteiger partial charge in [-0.05, 0) is 64.6 Å². The number of carbonyl (C=O) groups excluding carboxylic acids is 2. The van der Waals surface area contributed by atoms with Crippen LogP contribution >= 0.6 is 0 Å². The van der Waals surface area contributed by atoms with E-state index in [2.05, 4.69) is 30.2 Å². The SMILES string of the molecule is C[C@H](NC(=O)[C@@H](c1ccccc1)N(C)C)c1ncc(-c2cnc(-c3ccc(-c4cnc(C5CCCN5C(=O)[C@H](c5ccccc5)N(C)C)[nH]4)cc3)nc2)[nH]1. The van der Waals surface area contributed by atoms with Crippen molar-refractivity contribution in [2.24, 2.45) is 0 Å². The molecule has 3 aromatic heterocycles. The number of nitrogens with zero attached hydrogens (tertiary/aromatic N) is 7. The third-order valence-electron chi connectivity index (χ3n) is 9.97. The van der Waals surface area contributed by atoms with E-state index < -0.39 is 6.04 Å². The summed E-state index contributed by atoms with van der Waals surface area (Å²) >= 11 is 0.